The van der Waals surface area contributed by atoms with E-state index < -0.39 is 5.97 Å². The van der Waals surface area contributed by atoms with Gasteiger partial charge in [-0.3, -0.25) is 9.59 Å². The molecule has 0 saturated carbocycles. The summed E-state index contributed by atoms with van der Waals surface area (Å²) in [6.45, 7) is 0.774. The van der Waals surface area contributed by atoms with Crippen molar-refractivity contribution in [2.24, 2.45) is 0 Å². The van der Waals surface area contributed by atoms with E-state index in [0.29, 0.717) is 54.3 Å². The van der Waals surface area contributed by atoms with Crippen LogP contribution in [0.25, 0.3) is 0 Å². The molecule has 0 unspecified atom stereocenters. The number of carboxylic acid groups (broad SMARTS) is 1. The largest absolute Gasteiger partial charge is 0.493 e. The highest BCUT2D eigenvalue weighted by molar-refractivity contribution is 5.95. The van der Waals surface area contributed by atoms with Crippen LogP contribution in [0, 0.1) is 5.82 Å². The van der Waals surface area contributed by atoms with Crippen LogP contribution in [-0.4, -0.2) is 49.8 Å². The molecule has 0 aliphatic rings. The molecule has 190 valence electrons. The van der Waals surface area contributed by atoms with E-state index >= 15 is 0 Å². The second-order valence-electron chi connectivity index (χ2n) is 8.26. The van der Waals surface area contributed by atoms with Crippen molar-refractivity contribution in [3.8, 4) is 17.2 Å². The van der Waals surface area contributed by atoms with Crippen molar-refractivity contribution in [2.45, 2.75) is 25.8 Å². The fourth-order valence-electron chi connectivity index (χ4n) is 3.92. The molecule has 0 radical (unpaired) electrons. The van der Waals surface area contributed by atoms with E-state index in [1.165, 1.54) is 33.5 Å². The number of nitrogens with zero attached hydrogens (tertiary/aromatic N) is 1. The summed E-state index contributed by atoms with van der Waals surface area (Å²) in [6.07, 6.45) is 1.28. The Labute approximate surface area is 210 Å². The number of benzene rings is 3. The first-order valence-electron chi connectivity index (χ1n) is 11.5. The Morgan fingerprint density at radius 1 is 0.833 bits per heavy atom. The molecule has 0 saturated heterocycles. The molecular formula is C28H30FNO6. The van der Waals surface area contributed by atoms with Crippen LogP contribution in [0.3, 0.4) is 0 Å². The molecule has 7 nitrogen and oxygen atoms in total. The number of rotatable bonds is 12. The van der Waals surface area contributed by atoms with Gasteiger partial charge in [-0.1, -0.05) is 36.4 Å². The minimum absolute atomic E-state index is 0.0635. The molecule has 0 spiro atoms. The molecule has 1 N–H and O–H groups in total. The van der Waals surface area contributed by atoms with Crippen molar-refractivity contribution in [1.82, 2.24) is 4.90 Å². The molecule has 0 aliphatic carbocycles. The van der Waals surface area contributed by atoms with Gasteiger partial charge in [0.05, 0.1) is 27.8 Å². The Balaban J connectivity index is 1.84. The lowest BCUT2D eigenvalue weighted by molar-refractivity contribution is -0.136. The van der Waals surface area contributed by atoms with Crippen LogP contribution in [0.4, 0.5) is 4.39 Å². The van der Waals surface area contributed by atoms with Crippen LogP contribution < -0.4 is 14.2 Å². The summed E-state index contributed by atoms with van der Waals surface area (Å²) in [4.78, 5) is 26.3. The average molecular weight is 496 g/mol. The van der Waals surface area contributed by atoms with Crippen LogP contribution in [0.15, 0.2) is 60.7 Å². The SMILES string of the molecule is COc1cc(C(=O)N(CCCc2ccc(F)cc2)Cc2ccc(CC(=O)O)cc2)cc(OC)c1OC. The Bertz CT molecular complexity index is 1150. The standard InChI is InChI=1S/C28H30FNO6/c1-34-24-16-22(17-25(35-2)27(24)36-3)28(33)30(14-4-5-19-10-12-23(29)13-11-19)18-21-8-6-20(7-9-21)15-26(31)32/h6-13,16-17H,4-5,14-15,18H2,1-3H3,(H,31,32). The maximum absolute atomic E-state index is 13.6. The van der Waals surface area contributed by atoms with E-state index in [-0.39, 0.29) is 18.1 Å². The van der Waals surface area contributed by atoms with Gasteiger partial charge >= 0.3 is 5.97 Å². The fraction of sp³-hybridized carbons (Fsp3) is 0.286. The van der Waals surface area contributed by atoms with Crippen molar-refractivity contribution in [3.05, 3.63) is 88.7 Å². The molecule has 0 bridgehead atoms. The summed E-state index contributed by atoms with van der Waals surface area (Å²) >= 11 is 0. The molecule has 0 aliphatic heterocycles. The number of halogens is 1. The number of hydrogen-bond acceptors (Lipinski definition) is 5. The number of ether oxygens (including phenoxy) is 3. The van der Waals surface area contributed by atoms with Crippen LogP contribution in [0.2, 0.25) is 0 Å². The third-order valence-corrected chi connectivity index (χ3v) is 5.76. The van der Waals surface area contributed by atoms with Crippen LogP contribution in [0.1, 0.15) is 33.5 Å². The van der Waals surface area contributed by atoms with E-state index in [1.807, 2.05) is 12.1 Å². The molecule has 8 heteroatoms. The van der Waals surface area contributed by atoms with Gasteiger partial charge in [0.1, 0.15) is 5.82 Å². The molecule has 3 aromatic carbocycles. The normalized spacial score (nSPS) is 10.6. The molecule has 0 aromatic heterocycles. The number of methoxy groups -OCH3 is 3. The van der Waals surface area contributed by atoms with Gasteiger partial charge in [0, 0.05) is 18.7 Å². The number of carbonyl (C=O) groups excluding carboxylic acids is 1. The zero-order valence-corrected chi connectivity index (χ0v) is 20.6. The summed E-state index contributed by atoms with van der Waals surface area (Å²) in [5, 5.41) is 9.01. The molecule has 0 heterocycles. The topological polar surface area (TPSA) is 85.3 Å². The monoisotopic (exact) mass is 495 g/mol. The van der Waals surface area contributed by atoms with Crippen LogP contribution in [-0.2, 0) is 24.2 Å². The molecule has 3 rings (SSSR count). The highest BCUT2D eigenvalue weighted by Gasteiger charge is 2.21. The van der Waals surface area contributed by atoms with Crippen molar-refractivity contribution in [1.29, 1.82) is 0 Å². The van der Waals surface area contributed by atoms with Crippen molar-refractivity contribution < 1.29 is 33.3 Å². The van der Waals surface area contributed by atoms with Crippen LogP contribution in [0.5, 0.6) is 17.2 Å². The third-order valence-electron chi connectivity index (χ3n) is 5.76. The smallest absolute Gasteiger partial charge is 0.307 e. The first-order valence-corrected chi connectivity index (χ1v) is 11.5. The maximum atomic E-state index is 13.6. The van der Waals surface area contributed by atoms with Gasteiger partial charge in [0.2, 0.25) is 5.75 Å². The number of amides is 1. The molecule has 36 heavy (non-hydrogen) atoms. The van der Waals surface area contributed by atoms with Gasteiger partial charge in [-0.15, -0.1) is 0 Å². The van der Waals surface area contributed by atoms with Crippen molar-refractivity contribution >= 4 is 11.9 Å². The van der Waals surface area contributed by atoms with E-state index in [1.54, 1.807) is 41.3 Å². The lowest BCUT2D eigenvalue weighted by Crippen LogP contribution is -2.32. The Hall–Kier alpha value is -4.07. The van der Waals surface area contributed by atoms with Gasteiger partial charge in [0.25, 0.3) is 5.91 Å². The summed E-state index contributed by atoms with van der Waals surface area (Å²) in [5.41, 5.74) is 2.92. The first-order chi connectivity index (χ1) is 17.3. The number of hydrogen-bond donors (Lipinski definition) is 1. The summed E-state index contributed by atoms with van der Waals surface area (Å²) in [7, 11) is 4.48. The second-order valence-corrected chi connectivity index (χ2v) is 8.26. The van der Waals surface area contributed by atoms with Crippen LogP contribution >= 0.6 is 0 Å². The number of carboxylic acids is 1. The van der Waals surface area contributed by atoms with Crippen molar-refractivity contribution in [2.75, 3.05) is 27.9 Å². The van der Waals surface area contributed by atoms with E-state index in [9.17, 15) is 14.0 Å². The minimum atomic E-state index is -0.900. The zero-order valence-electron chi connectivity index (χ0n) is 20.6. The maximum Gasteiger partial charge on any atom is 0.307 e. The second kappa shape index (κ2) is 12.6. The Kier molecular flexibility index (Phi) is 9.27. The third kappa shape index (κ3) is 6.97. The predicted molar refractivity (Wildman–Crippen MR) is 133 cm³/mol. The summed E-state index contributed by atoms with van der Waals surface area (Å²) in [5.74, 6) is -0.252. The van der Waals surface area contributed by atoms with E-state index in [4.69, 9.17) is 19.3 Å². The van der Waals surface area contributed by atoms with Gasteiger partial charge < -0.3 is 24.2 Å². The number of aryl methyl sites for hydroxylation is 1. The molecule has 3 aromatic rings. The lowest BCUT2D eigenvalue weighted by Gasteiger charge is -2.24. The zero-order chi connectivity index (χ0) is 26.1. The molecule has 0 atom stereocenters. The van der Waals surface area contributed by atoms with Gasteiger partial charge in [0.15, 0.2) is 11.5 Å². The number of aliphatic carboxylic acids is 1. The molecule has 1 amide bonds. The van der Waals surface area contributed by atoms with Gasteiger partial charge in [-0.05, 0) is 53.8 Å². The summed E-state index contributed by atoms with van der Waals surface area (Å²) in [6, 6.07) is 16.7. The van der Waals surface area contributed by atoms with Gasteiger partial charge in [-0.2, -0.15) is 0 Å². The van der Waals surface area contributed by atoms with Crippen molar-refractivity contribution in [3.63, 3.8) is 0 Å². The Morgan fingerprint density at radius 2 is 1.39 bits per heavy atom. The highest BCUT2D eigenvalue weighted by atomic mass is 19.1. The fourth-order valence-corrected chi connectivity index (χ4v) is 3.92. The number of carbonyl (C=O) groups is 2. The average Bonchev–Trinajstić information content (AvgIpc) is 2.88. The Morgan fingerprint density at radius 3 is 1.92 bits per heavy atom. The molecule has 0 fully saturated rings. The first kappa shape index (κ1) is 26.5. The minimum Gasteiger partial charge on any atom is -0.493 e. The van der Waals surface area contributed by atoms with Gasteiger partial charge in [-0.25, -0.2) is 4.39 Å². The van der Waals surface area contributed by atoms with E-state index in [0.717, 1.165) is 11.1 Å². The van der Waals surface area contributed by atoms with E-state index in [2.05, 4.69) is 0 Å². The highest BCUT2D eigenvalue weighted by Crippen LogP contribution is 2.38. The summed E-state index contributed by atoms with van der Waals surface area (Å²) < 4.78 is 29.4. The quantitative estimate of drug-likeness (QED) is 0.390. The predicted octanol–water partition coefficient (Wildman–Crippen LogP) is 4.75. The lowest BCUT2D eigenvalue weighted by atomic mass is 10.1. The molecular weight excluding hydrogens is 465 g/mol.